The maximum Gasteiger partial charge on any atom is 0.257 e. The van der Waals surface area contributed by atoms with E-state index in [4.69, 9.17) is 0 Å². The summed E-state index contributed by atoms with van der Waals surface area (Å²) in [6.45, 7) is 3.88. The van der Waals surface area contributed by atoms with E-state index in [1.54, 1.807) is 15.6 Å². The van der Waals surface area contributed by atoms with Gasteiger partial charge in [-0.25, -0.2) is 18.1 Å². The second-order valence-corrected chi connectivity index (χ2v) is 10.6. The van der Waals surface area contributed by atoms with E-state index in [9.17, 15) is 13.2 Å². The molecule has 1 aliphatic carbocycles. The van der Waals surface area contributed by atoms with Crippen molar-refractivity contribution in [3.63, 3.8) is 0 Å². The molecule has 0 amide bonds. The van der Waals surface area contributed by atoms with Crippen molar-refractivity contribution < 1.29 is 8.42 Å². The van der Waals surface area contributed by atoms with Crippen molar-refractivity contribution in [1.82, 2.24) is 24.1 Å². The molecule has 0 saturated heterocycles. The summed E-state index contributed by atoms with van der Waals surface area (Å²) in [6, 6.07) is 9.60. The van der Waals surface area contributed by atoms with Gasteiger partial charge in [-0.3, -0.25) is 14.0 Å². The molecule has 1 aliphatic rings. The van der Waals surface area contributed by atoms with Gasteiger partial charge >= 0.3 is 0 Å². The molecule has 32 heavy (non-hydrogen) atoms. The number of nitrogens with one attached hydrogen (secondary N) is 1. The Labute approximate surface area is 188 Å². The third kappa shape index (κ3) is 4.68. The molecule has 0 spiro atoms. The summed E-state index contributed by atoms with van der Waals surface area (Å²) < 4.78 is 30.3. The van der Waals surface area contributed by atoms with Crippen LogP contribution in [-0.2, 0) is 29.9 Å². The van der Waals surface area contributed by atoms with Crippen LogP contribution in [0.5, 0.6) is 0 Å². The zero-order valence-electron chi connectivity index (χ0n) is 18.8. The Morgan fingerprint density at radius 1 is 1.25 bits per heavy atom. The Balaban J connectivity index is 1.77. The Kier molecular flexibility index (Phi) is 6.05. The molecule has 2 heterocycles. The molecule has 2 atom stereocenters. The van der Waals surface area contributed by atoms with Crippen LogP contribution in [0.15, 0.2) is 47.7 Å². The lowest BCUT2D eigenvalue weighted by atomic mass is 9.78. The number of hydrogen-bond donors (Lipinski definition) is 1. The highest BCUT2D eigenvalue weighted by molar-refractivity contribution is 7.88. The lowest BCUT2D eigenvalue weighted by Gasteiger charge is -2.33. The molecule has 170 valence electrons. The highest BCUT2D eigenvalue weighted by atomic mass is 32.2. The van der Waals surface area contributed by atoms with Gasteiger partial charge in [-0.15, -0.1) is 0 Å². The number of rotatable bonds is 6. The predicted octanol–water partition coefficient (Wildman–Crippen LogP) is 2.42. The van der Waals surface area contributed by atoms with Crippen molar-refractivity contribution in [3.05, 3.63) is 70.0 Å². The quantitative estimate of drug-likeness (QED) is 0.615. The minimum atomic E-state index is -3.43. The van der Waals surface area contributed by atoms with Gasteiger partial charge < -0.3 is 0 Å². The van der Waals surface area contributed by atoms with Crippen LogP contribution in [0.2, 0.25) is 0 Å². The van der Waals surface area contributed by atoms with Crippen molar-refractivity contribution in [2.75, 3.05) is 6.26 Å². The minimum Gasteiger partial charge on any atom is -0.296 e. The van der Waals surface area contributed by atoms with E-state index in [-0.39, 0.29) is 23.6 Å². The maximum atomic E-state index is 13.4. The zero-order chi connectivity index (χ0) is 23.0. The molecular weight excluding hydrogens is 426 g/mol. The minimum absolute atomic E-state index is 0.0309. The number of benzene rings is 1. The lowest BCUT2D eigenvalue weighted by molar-refractivity contribution is 0.413. The van der Waals surface area contributed by atoms with E-state index in [2.05, 4.69) is 20.9 Å². The second kappa shape index (κ2) is 8.63. The number of nitrogens with zero attached hydrogens (tertiary/aromatic N) is 4. The molecule has 2 unspecified atom stereocenters. The highest BCUT2D eigenvalue weighted by Gasteiger charge is 2.35. The molecule has 0 aliphatic heterocycles. The van der Waals surface area contributed by atoms with Gasteiger partial charge in [0.15, 0.2) is 0 Å². The van der Waals surface area contributed by atoms with E-state index in [0.717, 1.165) is 28.8 Å². The molecule has 4 rings (SSSR count). The number of aromatic nitrogens is 4. The molecule has 9 heteroatoms. The largest absolute Gasteiger partial charge is 0.296 e. The smallest absolute Gasteiger partial charge is 0.257 e. The fraction of sp³-hybridized carbons (Fsp3) is 0.435. The van der Waals surface area contributed by atoms with Crippen molar-refractivity contribution in [3.8, 4) is 11.3 Å². The molecule has 8 nitrogen and oxygen atoms in total. The van der Waals surface area contributed by atoms with Crippen molar-refractivity contribution in [2.45, 2.75) is 51.1 Å². The summed E-state index contributed by atoms with van der Waals surface area (Å²) in [5.74, 6) is -0.307. The molecule has 0 saturated carbocycles. The first kappa shape index (κ1) is 22.4. The van der Waals surface area contributed by atoms with Crippen LogP contribution in [0.25, 0.3) is 11.3 Å². The van der Waals surface area contributed by atoms with Crippen LogP contribution in [0.3, 0.4) is 0 Å². The van der Waals surface area contributed by atoms with Crippen LogP contribution in [0.4, 0.5) is 0 Å². The van der Waals surface area contributed by atoms with Gasteiger partial charge in [-0.2, -0.15) is 5.10 Å². The highest BCUT2D eigenvalue weighted by Crippen LogP contribution is 2.33. The van der Waals surface area contributed by atoms with E-state index in [1.165, 1.54) is 0 Å². The average molecular weight is 456 g/mol. The Morgan fingerprint density at radius 2 is 2.03 bits per heavy atom. The van der Waals surface area contributed by atoms with Crippen molar-refractivity contribution in [2.24, 2.45) is 7.05 Å². The van der Waals surface area contributed by atoms with E-state index in [0.29, 0.717) is 24.8 Å². The predicted molar refractivity (Wildman–Crippen MR) is 124 cm³/mol. The van der Waals surface area contributed by atoms with Gasteiger partial charge in [0, 0.05) is 42.4 Å². The van der Waals surface area contributed by atoms with Gasteiger partial charge in [0.05, 0.1) is 24.0 Å². The molecule has 0 bridgehead atoms. The number of sulfonamides is 1. The fourth-order valence-corrected chi connectivity index (χ4v) is 5.32. The summed E-state index contributed by atoms with van der Waals surface area (Å²) in [4.78, 5) is 18.0. The third-order valence-corrected chi connectivity index (χ3v) is 6.71. The first-order chi connectivity index (χ1) is 15.1. The number of aryl methyl sites for hydroxylation is 2. The number of hydrogen-bond acceptors (Lipinski definition) is 5. The molecular formula is C23H29N5O3S. The molecule has 1 aromatic carbocycles. The fourth-order valence-electron chi connectivity index (χ4n) is 4.49. The second-order valence-electron chi connectivity index (χ2n) is 8.83. The van der Waals surface area contributed by atoms with Gasteiger partial charge in [-0.05, 0) is 50.8 Å². The van der Waals surface area contributed by atoms with E-state index < -0.39 is 10.0 Å². The maximum absolute atomic E-state index is 13.4. The monoisotopic (exact) mass is 455 g/mol. The Bertz CT molecular complexity index is 1290. The van der Waals surface area contributed by atoms with Gasteiger partial charge in [-0.1, -0.05) is 18.2 Å². The summed E-state index contributed by atoms with van der Waals surface area (Å²) in [5, 5.41) is 4.48. The lowest BCUT2D eigenvalue weighted by Crippen LogP contribution is -2.45. The standard InChI is InChI=1S/C23H29N5O3S/c1-15(2)28-14-24-21-9-8-20(26-32(4,30)31)18(22(21)23(28)29)13-16-6-5-7-17(12-16)19-10-11-27(3)25-19/h5-7,10-12,14-15,18,20,26H,8-9,13H2,1-4H3. The van der Waals surface area contributed by atoms with Gasteiger partial charge in [0.25, 0.3) is 5.56 Å². The first-order valence-electron chi connectivity index (χ1n) is 10.8. The normalized spacial score (nSPS) is 18.7. The summed E-state index contributed by atoms with van der Waals surface area (Å²) in [6.07, 6.45) is 6.36. The molecule has 3 aromatic rings. The van der Waals surface area contributed by atoms with Crippen molar-refractivity contribution in [1.29, 1.82) is 0 Å². The Morgan fingerprint density at radius 3 is 2.69 bits per heavy atom. The van der Waals surface area contributed by atoms with Crippen LogP contribution in [0.1, 0.15) is 49.0 Å². The third-order valence-electron chi connectivity index (χ3n) is 5.98. The topological polar surface area (TPSA) is 98.9 Å². The summed E-state index contributed by atoms with van der Waals surface area (Å²) >= 11 is 0. The molecule has 0 radical (unpaired) electrons. The summed E-state index contributed by atoms with van der Waals surface area (Å²) in [7, 11) is -1.56. The van der Waals surface area contributed by atoms with Crippen LogP contribution in [-0.4, -0.2) is 40.0 Å². The van der Waals surface area contributed by atoms with Crippen LogP contribution >= 0.6 is 0 Å². The first-order valence-corrected chi connectivity index (χ1v) is 12.7. The van der Waals surface area contributed by atoms with Gasteiger partial charge in [0.2, 0.25) is 10.0 Å². The van der Waals surface area contributed by atoms with Crippen molar-refractivity contribution >= 4 is 10.0 Å². The zero-order valence-corrected chi connectivity index (χ0v) is 19.6. The van der Waals surface area contributed by atoms with E-state index >= 15 is 0 Å². The molecule has 1 N–H and O–H groups in total. The number of fused-ring (bicyclic) bond motifs is 1. The van der Waals surface area contributed by atoms with Crippen LogP contribution < -0.4 is 10.3 Å². The molecule has 2 aromatic heterocycles. The molecule has 0 fully saturated rings. The van der Waals surface area contributed by atoms with Gasteiger partial charge in [0.1, 0.15) is 0 Å². The Hall–Kier alpha value is -2.78. The summed E-state index contributed by atoms with van der Waals surface area (Å²) in [5.41, 5.74) is 4.17. The van der Waals surface area contributed by atoms with Crippen LogP contribution in [0, 0.1) is 0 Å². The SMILES string of the molecule is CC(C)n1cnc2c(c1=O)C(Cc1cccc(-c3ccn(C)n3)c1)C(NS(C)(=O)=O)CC2. The average Bonchev–Trinajstić information content (AvgIpc) is 3.15. The van der Waals surface area contributed by atoms with E-state index in [1.807, 2.05) is 51.4 Å².